The van der Waals surface area contributed by atoms with Gasteiger partial charge in [-0.3, -0.25) is 0 Å². The molecule has 0 unspecified atom stereocenters. The van der Waals surface area contributed by atoms with Crippen molar-refractivity contribution in [2.24, 2.45) is 0 Å². The van der Waals surface area contributed by atoms with Gasteiger partial charge in [-0.25, -0.2) is 0 Å². The van der Waals surface area contributed by atoms with E-state index in [1.54, 1.807) is 0 Å². The van der Waals surface area contributed by atoms with Gasteiger partial charge in [0.2, 0.25) is 0 Å². The van der Waals surface area contributed by atoms with Crippen LogP contribution in [0.25, 0.3) is 0 Å². The molecular formula is C20H40N2. The van der Waals surface area contributed by atoms with Crippen LogP contribution in [0.4, 0.5) is 5.69 Å². The molecule has 0 aliphatic rings. The molecule has 0 fully saturated rings. The molecule has 22 heavy (non-hydrogen) atoms. The molecule has 3 N–H and O–H groups in total. The minimum absolute atomic E-state index is 0.496. The second-order valence-electron chi connectivity index (χ2n) is 6.78. The first-order chi connectivity index (χ1) is 10.2. The smallest absolute Gasteiger partial charge is 0.0384 e. The van der Waals surface area contributed by atoms with Crippen molar-refractivity contribution in [3.8, 4) is 0 Å². The standard InChI is InChI=1S/C15H25N.C3H8.C2H7N/c1-9(2)12-7-13(10(3)4)15(16)14(8-12)11(5)6;2*1-3-2/h7-11H,16H2,1-6H3;3H2,1-2H3;3H,1-2H3. The largest absolute Gasteiger partial charge is 0.398 e. The zero-order valence-corrected chi connectivity index (χ0v) is 16.7. The maximum atomic E-state index is 6.25. The maximum absolute atomic E-state index is 6.25. The Balaban J connectivity index is 0. The summed E-state index contributed by atoms with van der Waals surface area (Å²) >= 11 is 0. The Hall–Kier alpha value is -1.02. The van der Waals surface area contributed by atoms with Gasteiger partial charge in [-0.15, -0.1) is 0 Å². The third kappa shape index (κ3) is 8.43. The third-order valence-corrected chi connectivity index (χ3v) is 3.18. The first kappa shape index (κ1) is 23.2. The van der Waals surface area contributed by atoms with E-state index in [4.69, 9.17) is 5.73 Å². The average Bonchev–Trinajstić information content (AvgIpc) is 2.39. The number of rotatable bonds is 3. The van der Waals surface area contributed by atoms with Gasteiger partial charge in [-0.05, 0) is 48.5 Å². The van der Waals surface area contributed by atoms with E-state index in [2.05, 4.69) is 72.8 Å². The minimum atomic E-state index is 0.496. The van der Waals surface area contributed by atoms with Crippen molar-refractivity contribution in [2.45, 2.75) is 79.6 Å². The van der Waals surface area contributed by atoms with Crippen LogP contribution < -0.4 is 11.1 Å². The minimum Gasteiger partial charge on any atom is -0.398 e. The fourth-order valence-corrected chi connectivity index (χ4v) is 2.01. The van der Waals surface area contributed by atoms with E-state index in [1.807, 2.05) is 14.1 Å². The van der Waals surface area contributed by atoms with E-state index < -0.39 is 0 Å². The van der Waals surface area contributed by atoms with Gasteiger partial charge < -0.3 is 11.1 Å². The van der Waals surface area contributed by atoms with Crippen LogP contribution in [0.15, 0.2) is 12.1 Å². The lowest BCUT2D eigenvalue weighted by atomic mass is 9.88. The summed E-state index contributed by atoms with van der Waals surface area (Å²) in [6.07, 6.45) is 1.25. The lowest BCUT2D eigenvalue weighted by Crippen LogP contribution is -2.05. The van der Waals surface area contributed by atoms with Crippen molar-refractivity contribution in [1.29, 1.82) is 0 Å². The van der Waals surface area contributed by atoms with Gasteiger partial charge >= 0.3 is 0 Å². The Morgan fingerprint density at radius 2 is 1.09 bits per heavy atom. The van der Waals surface area contributed by atoms with Gasteiger partial charge in [-0.1, -0.05) is 73.9 Å². The van der Waals surface area contributed by atoms with Crippen molar-refractivity contribution < 1.29 is 0 Å². The molecule has 0 aromatic heterocycles. The number of hydrogen-bond acceptors (Lipinski definition) is 2. The molecule has 1 aromatic carbocycles. The van der Waals surface area contributed by atoms with E-state index in [-0.39, 0.29) is 0 Å². The summed E-state index contributed by atoms with van der Waals surface area (Å²) < 4.78 is 0. The number of benzene rings is 1. The fraction of sp³-hybridized carbons (Fsp3) is 0.700. The van der Waals surface area contributed by atoms with Crippen LogP contribution in [0.1, 0.15) is 96.3 Å². The number of hydrogen-bond donors (Lipinski definition) is 2. The summed E-state index contributed by atoms with van der Waals surface area (Å²) in [5.74, 6) is 1.56. The molecule has 0 saturated carbocycles. The van der Waals surface area contributed by atoms with Crippen molar-refractivity contribution in [3.05, 3.63) is 28.8 Å². The van der Waals surface area contributed by atoms with Gasteiger partial charge in [0.15, 0.2) is 0 Å². The van der Waals surface area contributed by atoms with Crippen LogP contribution in [0.2, 0.25) is 0 Å². The summed E-state index contributed by atoms with van der Waals surface area (Å²) in [7, 11) is 3.75. The molecule has 2 nitrogen and oxygen atoms in total. The van der Waals surface area contributed by atoms with Crippen molar-refractivity contribution in [3.63, 3.8) is 0 Å². The fourth-order valence-electron chi connectivity index (χ4n) is 2.01. The summed E-state index contributed by atoms with van der Waals surface area (Å²) in [5.41, 5.74) is 11.3. The number of nitrogens with two attached hydrogens (primary N) is 1. The molecule has 0 heterocycles. The Morgan fingerprint density at radius 3 is 1.27 bits per heavy atom. The normalized spacial score (nSPS) is 10.2. The molecular weight excluding hydrogens is 268 g/mol. The first-order valence-electron chi connectivity index (χ1n) is 8.69. The van der Waals surface area contributed by atoms with Crippen LogP contribution in [-0.2, 0) is 0 Å². The van der Waals surface area contributed by atoms with Crippen molar-refractivity contribution >= 4 is 5.69 Å². The molecule has 1 aromatic rings. The molecule has 0 bridgehead atoms. The second-order valence-corrected chi connectivity index (χ2v) is 6.78. The van der Waals surface area contributed by atoms with Crippen LogP contribution in [0.3, 0.4) is 0 Å². The SMILES string of the molecule is CC(C)c1cc(C(C)C)c(N)c(C(C)C)c1.CCC.CNC. The van der Waals surface area contributed by atoms with Crippen molar-refractivity contribution in [1.82, 2.24) is 5.32 Å². The molecule has 0 atom stereocenters. The van der Waals surface area contributed by atoms with Gasteiger partial charge in [0, 0.05) is 5.69 Å². The van der Waals surface area contributed by atoms with Crippen LogP contribution in [0.5, 0.6) is 0 Å². The molecule has 2 heteroatoms. The highest BCUT2D eigenvalue weighted by atomic mass is 14.7. The van der Waals surface area contributed by atoms with Crippen LogP contribution in [-0.4, -0.2) is 14.1 Å². The number of nitrogens with one attached hydrogen (secondary N) is 1. The van der Waals surface area contributed by atoms with E-state index >= 15 is 0 Å². The summed E-state index contributed by atoms with van der Waals surface area (Å²) in [4.78, 5) is 0. The predicted molar refractivity (Wildman–Crippen MR) is 104 cm³/mol. The molecule has 0 radical (unpaired) electrons. The highest BCUT2D eigenvalue weighted by molar-refractivity contribution is 5.58. The highest BCUT2D eigenvalue weighted by Crippen LogP contribution is 2.33. The third-order valence-electron chi connectivity index (χ3n) is 3.18. The monoisotopic (exact) mass is 308 g/mol. The molecule has 0 spiro atoms. The number of nitrogen functional groups attached to an aromatic ring is 1. The molecule has 0 aliphatic heterocycles. The summed E-state index contributed by atoms with van der Waals surface area (Å²) in [6.45, 7) is 17.6. The van der Waals surface area contributed by atoms with Crippen LogP contribution >= 0.6 is 0 Å². The predicted octanol–water partition coefficient (Wildman–Crippen LogP) is 5.89. The Kier molecular flexibility index (Phi) is 13.2. The maximum Gasteiger partial charge on any atom is 0.0384 e. The zero-order valence-electron chi connectivity index (χ0n) is 16.7. The van der Waals surface area contributed by atoms with Crippen LogP contribution in [0, 0.1) is 0 Å². The molecule has 0 aliphatic carbocycles. The molecule has 130 valence electrons. The molecule has 0 saturated heterocycles. The molecule has 1 rings (SSSR count). The van der Waals surface area contributed by atoms with Gasteiger partial charge in [0.05, 0.1) is 0 Å². The Bertz CT molecular complexity index is 362. The first-order valence-corrected chi connectivity index (χ1v) is 8.69. The van der Waals surface area contributed by atoms with Gasteiger partial charge in [0.1, 0.15) is 0 Å². The van der Waals surface area contributed by atoms with Crippen molar-refractivity contribution in [2.75, 3.05) is 19.8 Å². The lowest BCUT2D eigenvalue weighted by molar-refractivity contribution is 0.809. The zero-order chi connectivity index (χ0) is 17.9. The highest BCUT2D eigenvalue weighted by Gasteiger charge is 2.14. The van der Waals surface area contributed by atoms with Gasteiger partial charge in [0.25, 0.3) is 0 Å². The Labute approximate surface area is 139 Å². The summed E-state index contributed by atoms with van der Waals surface area (Å²) in [5, 5.41) is 2.75. The van der Waals surface area contributed by atoms with E-state index in [9.17, 15) is 0 Å². The quantitative estimate of drug-likeness (QED) is 0.683. The molecule has 0 amide bonds. The second kappa shape index (κ2) is 12.5. The lowest BCUT2D eigenvalue weighted by Gasteiger charge is -2.20. The van der Waals surface area contributed by atoms with E-state index in [1.165, 1.54) is 23.1 Å². The number of anilines is 1. The van der Waals surface area contributed by atoms with Gasteiger partial charge in [-0.2, -0.15) is 0 Å². The summed E-state index contributed by atoms with van der Waals surface area (Å²) in [6, 6.07) is 4.55. The Morgan fingerprint density at radius 1 is 0.818 bits per heavy atom. The average molecular weight is 309 g/mol. The van der Waals surface area contributed by atoms with E-state index in [0.29, 0.717) is 17.8 Å². The topological polar surface area (TPSA) is 38.0 Å². The van der Waals surface area contributed by atoms with E-state index in [0.717, 1.165) is 5.69 Å².